The number of rotatable bonds is 5. The van der Waals surface area contributed by atoms with Crippen molar-refractivity contribution in [2.45, 2.75) is 13.0 Å². The van der Waals surface area contributed by atoms with E-state index in [1.807, 2.05) is 30.3 Å². The minimum Gasteiger partial charge on any atom is -0.495 e. The quantitative estimate of drug-likeness (QED) is 0.796. The van der Waals surface area contributed by atoms with E-state index < -0.39 is 6.04 Å². The maximum atomic E-state index is 12.2. The van der Waals surface area contributed by atoms with Crippen LogP contribution in [-0.4, -0.2) is 19.1 Å². The van der Waals surface area contributed by atoms with E-state index in [9.17, 15) is 4.79 Å². The van der Waals surface area contributed by atoms with Crippen LogP contribution in [0.5, 0.6) is 5.75 Å². The van der Waals surface area contributed by atoms with Gasteiger partial charge in [0, 0.05) is 15.8 Å². The van der Waals surface area contributed by atoms with Crippen LogP contribution in [-0.2, 0) is 4.79 Å². The van der Waals surface area contributed by atoms with Crippen molar-refractivity contribution >= 4 is 44.8 Å². The van der Waals surface area contributed by atoms with Crippen molar-refractivity contribution in [1.29, 1.82) is 0 Å². The van der Waals surface area contributed by atoms with Crippen LogP contribution in [0.2, 0.25) is 5.02 Å². The number of methoxy groups -OCH3 is 1. The summed E-state index contributed by atoms with van der Waals surface area (Å²) < 4.78 is 6.06. The van der Waals surface area contributed by atoms with Gasteiger partial charge in [-0.15, -0.1) is 0 Å². The molecule has 0 heterocycles. The van der Waals surface area contributed by atoms with Crippen LogP contribution in [0, 0.1) is 0 Å². The lowest BCUT2D eigenvalue weighted by Crippen LogP contribution is -2.31. The molecule has 22 heavy (non-hydrogen) atoms. The molecule has 0 aliphatic rings. The van der Waals surface area contributed by atoms with Crippen LogP contribution >= 0.6 is 27.5 Å². The number of hydrogen-bond donors (Lipinski definition) is 2. The van der Waals surface area contributed by atoms with Crippen molar-refractivity contribution in [2.24, 2.45) is 0 Å². The van der Waals surface area contributed by atoms with Crippen LogP contribution in [0.15, 0.2) is 46.9 Å². The molecule has 0 aliphatic heterocycles. The Morgan fingerprint density at radius 3 is 2.41 bits per heavy atom. The number of carbonyl (C=O) groups excluding carboxylic acids is 1. The van der Waals surface area contributed by atoms with E-state index in [-0.39, 0.29) is 5.91 Å². The molecule has 0 saturated heterocycles. The second-order valence-electron chi connectivity index (χ2n) is 4.71. The van der Waals surface area contributed by atoms with Crippen molar-refractivity contribution in [3.8, 4) is 5.75 Å². The molecule has 2 aromatic rings. The van der Waals surface area contributed by atoms with Gasteiger partial charge in [-0.05, 0) is 49.4 Å². The molecule has 2 rings (SSSR count). The van der Waals surface area contributed by atoms with Gasteiger partial charge in [0.1, 0.15) is 11.8 Å². The van der Waals surface area contributed by atoms with Crippen LogP contribution in [0.4, 0.5) is 11.4 Å². The first kappa shape index (κ1) is 16.6. The van der Waals surface area contributed by atoms with Crippen molar-refractivity contribution in [3.63, 3.8) is 0 Å². The lowest BCUT2D eigenvalue weighted by Gasteiger charge is -2.16. The Bertz CT molecular complexity index is 662. The standard InChI is InChI=1S/C16H16BrClN2O2/c1-10(16(21)20-12-5-3-11(17)4-6-12)19-13-7-8-15(22-2)14(18)9-13/h3-10,19H,1-2H3,(H,20,21)/t10-/m1/s1. The third kappa shape index (κ3) is 4.39. The van der Waals surface area contributed by atoms with E-state index >= 15 is 0 Å². The Morgan fingerprint density at radius 1 is 1.18 bits per heavy atom. The zero-order valence-corrected chi connectivity index (χ0v) is 14.5. The lowest BCUT2D eigenvalue weighted by molar-refractivity contribution is -0.116. The van der Waals surface area contributed by atoms with Crippen molar-refractivity contribution in [3.05, 3.63) is 52.0 Å². The molecular weight excluding hydrogens is 368 g/mol. The molecule has 0 spiro atoms. The Labute approximate surface area is 142 Å². The smallest absolute Gasteiger partial charge is 0.246 e. The van der Waals surface area contributed by atoms with Gasteiger partial charge in [0.2, 0.25) is 5.91 Å². The minimum absolute atomic E-state index is 0.130. The summed E-state index contributed by atoms with van der Waals surface area (Å²) in [5, 5.41) is 6.44. The number of carbonyl (C=O) groups is 1. The van der Waals surface area contributed by atoms with Gasteiger partial charge in [0.15, 0.2) is 0 Å². The lowest BCUT2D eigenvalue weighted by atomic mass is 10.2. The molecule has 0 fully saturated rings. The Kier molecular flexibility index (Phi) is 5.69. The van der Waals surface area contributed by atoms with Crippen molar-refractivity contribution in [2.75, 3.05) is 17.7 Å². The second-order valence-corrected chi connectivity index (χ2v) is 6.03. The van der Waals surface area contributed by atoms with E-state index in [4.69, 9.17) is 16.3 Å². The SMILES string of the molecule is COc1ccc(N[C@H](C)C(=O)Nc2ccc(Br)cc2)cc1Cl. The van der Waals surface area contributed by atoms with Gasteiger partial charge < -0.3 is 15.4 Å². The van der Waals surface area contributed by atoms with E-state index in [1.165, 1.54) is 0 Å². The minimum atomic E-state index is -0.409. The average molecular weight is 384 g/mol. The van der Waals surface area contributed by atoms with E-state index in [0.29, 0.717) is 10.8 Å². The molecule has 116 valence electrons. The van der Waals surface area contributed by atoms with Gasteiger partial charge in [-0.2, -0.15) is 0 Å². The normalized spacial score (nSPS) is 11.6. The van der Waals surface area contributed by atoms with Crippen molar-refractivity contribution < 1.29 is 9.53 Å². The summed E-state index contributed by atoms with van der Waals surface area (Å²) in [5.74, 6) is 0.466. The second kappa shape index (κ2) is 7.51. The molecule has 4 nitrogen and oxygen atoms in total. The Morgan fingerprint density at radius 2 is 1.82 bits per heavy atom. The third-order valence-electron chi connectivity index (χ3n) is 3.04. The fourth-order valence-electron chi connectivity index (χ4n) is 1.86. The van der Waals surface area contributed by atoms with Gasteiger partial charge in [0.05, 0.1) is 12.1 Å². The van der Waals surface area contributed by atoms with Crippen molar-refractivity contribution in [1.82, 2.24) is 0 Å². The van der Waals surface area contributed by atoms with Crippen LogP contribution in [0.3, 0.4) is 0 Å². The highest BCUT2D eigenvalue weighted by molar-refractivity contribution is 9.10. The van der Waals surface area contributed by atoms with Gasteiger partial charge in [-0.3, -0.25) is 4.79 Å². The summed E-state index contributed by atoms with van der Waals surface area (Å²) in [6, 6.07) is 12.3. The summed E-state index contributed by atoms with van der Waals surface area (Å²) in [4.78, 5) is 12.2. The molecule has 0 aliphatic carbocycles. The third-order valence-corrected chi connectivity index (χ3v) is 3.86. The van der Waals surface area contributed by atoms with E-state index in [0.717, 1.165) is 15.8 Å². The molecule has 1 atom stereocenters. The molecule has 6 heteroatoms. The first-order valence-electron chi connectivity index (χ1n) is 6.66. The van der Waals surface area contributed by atoms with E-state index in [2.05, 4.69) is 26.6 Å². The summed E-state index contributed by atoms with van der Waals surface area (Å²) in [6.45, 7) is 1.78. The molecule has 0 aromatic heterocycles. The summed E-state index contributed by atoms with van der Waals surface area (Å²) in [6.07, 6.45) is 0. The average Bonchev–Trinajstić information content (AvgIpc) is 2.49. The molecule has 0 radical (unpaired) electrons. The predicted octanol–water partition coefficient (Wildman–Crippen LogP) is 4.55. The zero-order chi connectivity index (χ0) is 16.1. The van der Waals surface area contributed by atoms with Crippen LogP contribution < -0.4 is 15.4 Å². The van der Waals surface area contributed by atoms with Gasteiger partial charge in [0.25, 0.3) is 0 Å². The molecule has 1 amide bonds. The number of ether oxygens (including phenoxy) is 1. The highest BCUT2D eigenvalue weighted by Gasteiger charge is 2.13. The number of anilines is 2. The van der Waals surface area contributed by atoms with Crippen LogP contribution in [0.25, 0.3) is 0 Å². The van der Waals surface area contributed by atoms with Gasteiger partial charge in [-0.1, -0.05) is 27.5 Å². The molecule has 2 aromatic carbocycles. The molecule has 0 saturated carbocycles. The van der Waals surface area contributed by atoms with E-state index in [1.54, 1.807) is 26.2 Å². The topological polar surface area (TPSA) is 50.4 Å². The summed E-state index contributed by atoms with van der Waals surface area (Å²) >= 11 is 9.42. The first-order valence-corrected chi connectivity index (χ1v) is 7.83. The summed E-state index contributed by atoms with van der Waals surface area (Å²) in [7, 11) is 1.56. The van der Waals surface area contributed by atoms with Gasteiger partial charge in [-0.25, -0.2) is 0 Å². The molecular formula is C16H16BrClN2O2. The number of nitrogens with one attached hydrogen (secondary N) is 2. The highest BCUT2D eigenvalue weighted by atomic mass is 79.9. The first-order chi connectivity index (χ1) is 10.5. The largest absolute Gasteiger partial charge is 0.495 e. The molecule has 0 unspecified atom stereocenters. The fourth-order valence-corrected chi connectivity index (χ4v) is 2.38. The number of benzene rings is 2. The molecule has 0 bridgehead atoms. The van der Waals surface area contributed by atoms with Gasteiger partial charge >= 0.3 is 0 Å². The Balaban J connectivity index is 1.99. The monoisotopic (exact) mass is 382 g/mol. The Hall–Kier alpha value is -1.72. The predicted molar refractivity (Wildman–Crippen MR) is 93.9 cm³/mol. The number of amides is 1. The number of halogens is 2. The summed E-state index contributed by atoms with van der Waals surface area (Å²) in [5.41, 5.74) is 1.50. The highest BCUT2D eigenvalue weighted by Crippen LogP contribution is 2.27. The van der Waals surface area contributed by atoms with Crippen LogP contribution in [0.1, 0.15) is 6.92 Å². The maximum Gasteiger partial charge on any atom is 0.246 e. The maximum absolute atomic E-state index is 12.2. The molecule has 2 N–H and O–H groups in total. The number of hydrogen-bond acceptors (Lipinski definition) is 3. The zero-order valence-electron chi connectivity index (χ0n) is 12.2. The fraction of sp³-hybridized carbons (Fsp3) is 0.188.